The van der Waals surface area contributed by atoms with Crippen molar-refractivity contribution in [1.82, 2.24) is 15.3 Å². The first-order chi connectivity index (χ1) is 8.18. The van der Waals surface area contributed by atoms with Crippen molar-refractivity contribution in [1.29, 1.82) is 0 Å². The van der Waals surface area contributed by atoms with Crippen LogP contribution in [0, 0.1) is 6.92 Å². The predicted molar refractivity (Wildman–Crippen MR) is 72.7 cm³/mol. The molecule has 0 amide bonds. The molecule has 90 valence electrons. The zero-order valence-corrected chi connectivity index (χ0v) is 11.6. The van der Waals surface area contributed by atoms with Crippen LogP contribution in [0.4, 0.5) is 0 Å². The third-order valence-corrected chi connectivity index (χ3v) is 3.60. The molecule has 1 heterocycles. The van der Waals surface area contributed by atoms with Gasteiger partial charge in [0.1, 0.15) is 0 Å². The van der Waals surface area contributed by atoms with Crippen molar-refractivity contribution in [2.24, 2.45) is 0 Å². The summed E-state index contributed by atoms with van der Waals surface area (Å²) in [4.78, 5) is 7.36. The van der Waals surface area contributed by atoms with E-state index in [0.717, 1.165) is 22.4 Å². The van der Waals surface area contributed by atoms with Crippen molar-refractivity contribution in [2.45, 2.75) is 26.4 Å². The van der Waals surface area contributed by atoms with Crippen molar-refractivity contribution in [3.05, 3.63) is 52.0 Å². The molecule has 0 aliphatic carbocycles. The molecule has 0 fully saturated rings. The number of H-pyrrole nitrogens is 1. The van der Waals surface area contributed by atoms with Crippen LogP contribution in [0.25, 0.3) is 0 Å². The molecule has 4 heteroatoms. The van der Waals surface area contributed by atoms with Gasteiger partial charge in [-0.05, 0) is 25.5 Å². The van der Waals surface area contributed by atoms with Crippen LogP contribution in [0.3, 0.4) is 0 Å². The lowest BCUT2D eigenvalue weighted by atomic mass is 10.1. The van der Waals surface area contributed by atoms with Gasteiger partial charge in [0.2, 0.25) is 0 Å². The summed E-state index contributed by atoms with van der Waals surface area (Å²) in [7, 11) is 0. The van der Waals surface area contributed by atoms with E-state index in [-0.39, 0.29) is 0 Å². The zero-order valence-electron chi connectivity index (χ0n) is 10.00. The molecule has 2 N–H and O–H groups in total. The van der Waals surface area contributed by atoms with Gasteiger partial charge < -0.3 is 10.3 Å². The lowest BCUT2D eigenvalue weighted by Gasteiger charge is -2.15. The van der Waals surface area contributed by atoms with Gasteiger partial charge in [-0.1, -0.05) is 34.1 Å². The Morgan fingerprint density at radius 2 is 2.18 bits per heavy atom. The summed E-state index contributed by atoms with van der Waals surface area (Å²) in [5.41, 5.74) is 3.46. The van der Waals surface area contributed by atoms with E-state index >= 15 is 0 Å². The van der Waals surface area contributed by atoms with E-state index in [1.165, 1.54) is 5.56 Å². The second-order valence-corrected chi connectivity index (χ2v) is 4.95. The van der Waals surface area contributed by atoms with Gasteiger partial charge in [0, 0.05) is 22.8 Å². The Kier molecular flexibility index (Phi) is 3.97. The van der Waals surface area contributed by atoms with E-state index in [4.69, 9.17) is 0 Å². The van der Waals surface area contributed by atoms with Crippen molar-refractivity contribution < 1.29 is 0 Å². The van der Waals surface area contributed by atoms with Crippen molar-refractivity contribution in [3.8, 4) is 0 Å². The van der Waals surface area contributed by atoms with E-state index in [1.807, 2.05) is 13.0 Å². The third kappa shape index (κ3) is 2.96. The number of hydrogen-bond acceptors (Lipinski definition) is 2. The summed E-state index contributed by atoms with van der Waals surface area (Å²) < 4.78 is 1.14. The van der Waals surface area contributed by atoms with E-state index in [9.17, 15) is 0 Å². The summed E-state index contributed by atoms with van der Waals surface area (Å²) in [6.45, 7) is 4.97. The maximum Gasteiger partial charge on any atom is 0.0925 e. The van der Waals surface area contributed by atoms with E-state index in [0.29, 0.717) is 6.04 Å². The molecule has 1 atom stereocenters. The summed E-state index contributed by atoms with van der Waals surface area (Å²) in [6.07, 6.45) is 1.73. The molecule has 0 spiro atoms. The Hall–Kier alpha value is -1.13. The Morgan fingerprint density at radius 1 is 1.41 bits per heavy atom. The van der Waals surface area contributed by atoms with Gasteiger partial charge in [-0.25, -0.2) is 4.98 Å². The fourth-order valence-corrected chi connectivity index (χ4v) is 2.38. The van der Waals surface area contributed by atoms with Crippen LogP contribution in [0.1, 0.15) is 29.9 Å². The number of rotatable bonds is 4. The number of aromatic nitrogens is 2. The predicted octanol–water partition coefficient (Wildman–Crippen LogP) is 3.33. The second kappa shape index (κ2) is 5.47. The lowest BCUT2D eigenvalue weighted by Crippen LogP contribution is -2.19. The Bertz CT molecular complexity index is 493. The number of benzene rings is 1. The van der Waals surface area contributed by atoms with Gasteiger partial charge in [-0.15, -0.1) is 0 Å². The Labute approximate surface area is 110 Å². The largest absolute Gasteiger partial charge is 0.348 e. The van der Waals surface area contributed by atoms with Crippen LogP contribution in [0.15, 0.2) is 35.1 Å². The number of nitrogens with zero attached hydrogens (tertiary/aromatic N) is 1. The van der Waals surface area contributed by atoms with E-state index in [2.05, 4.69) is 56.3 Å². The lowest BCUT2D eigenvalue weighted by molar-refractivity contribution is 0.565. The van der Waals surface area contributed by atoms with Gasteiger partial charge >= 0.3 is 0 Å². The van der Waals surface area contributed by atoms with Gasteiger partial charge in [0.05, 0.1) is 12.0 Å². The maximum absolute atomic E-state index is 4.27. The van der Waals surface area contributed by atoms with Crippen LogP contribution in [-0.2, 0) is 6.54 Å². The first kappa shape index (κ1) is 12.3. The van der Waals surface area contributed by atoms with Gasteiger partial charge in [-0.3, -0.25) is 0 Å². The molecule has 17 heavy (non-hydrogen) atoms. The highest BCUT2D eigenvalue weighted by Crippen LogP contribution is 2.22. The fourth-order valence-electron chi connectivity index (χ4n) is 1.75. The van der Waals surface area contributed by atoms with Gasteiger partial charge in [0.25, 0.3) is 0 Å². The number of hydrogen-bond donors (Lipinski definition) is 2. The Balaban J connectivity index is 2.01. The zero-order chi connectivity index (χ0) is 12.3. The molecular formula is C13H16BrN3. The summed E-state index contributed by atoms with van der Waals surface area (Å²) in [5.74, 6) is 0. The summed E-state index contributed by atoms with van der Waals surface area (Å²) in [6, 6.07) is 8.56. The highest BCUT2D eigenvalue weighted by Gasteiger charge is 2.09. The quantitative estimate of drug-likeness (QED) is 0.908. The minimum Gasteiger partial charge on any atom is -0.348 e. The van der Waals surface area contributed by atoms with Crippen LogP contribution in [0.2, 0.25) is 0 Å². The molecule has 0 unspecified atom stereocenters. The average molecular weight is 294 g/mol. The molecule has 1 aromatic heterocycles. The molecule has 0 saturated heterocycles. The van der Waals surface area contributed by atoms with E-state index in [1.54, 1.807) is 6.33 Å². The minimum atomic E-state index is 0.293. The molecule has 0 saturated carbocycles. The van der Waals surface area contributed by atoms with Crippen molar-refractivity contribution >= 4 is 15.9 Å². The molecule has 2 aromatic rings. The topological polar surface area (TPSA) is 40.7 Å². The monoisotopic (exact) mass is 293 g/mol. The van der Waals surface area contributed by atoms with Crippen LogP contribution in [-0.4, -0.2) is 9.97 Å². The average Bonchev–Trinajstić information content (AvgIpc) is 2.72. The molecule has 0 aliphatic rings. The number of aryl methyl sites for hydroxylation is 1. The van der Waals surface area contributed by atoms with E-state index < -0.39 is 0 Å². The fraction of sp³-hybridized carbons (Fsp3) is 0.308. The molecular weight excluding hydrogens is 278 g/mol. The summed E-state index contributed by atoms with van der Waals surface area (Å²) in [5, 5.41) is 3.47. The maximum atomic E-state index is 4.27. The molecule has 2 rings (SSSR count). The van der Waals surface area contributed by atoms with Crippen LogP contribution < -0.4 is 5.32 Å². The first-order valence-electron chi connectivity index (χ1n) is 5.65. The molecule has 1 aromatic carbocycles. The van der Waals surface area contributed by atoms with Crippen LogP contribution >= 0.6 is 15.9 Å². The number of aromatic amines is 1. The van der Waals surface area contributed by atoms with Gasteiger partial charge in [0.15, 0.2) is 0 Å². The minimum absolute atomic E-state index is 0.293. The first-order valence-corrected chi connectivity index (χ1v) is 6.44. The number of imidazole rings is 1. The SMILES string of the molecule is Cc1[nH]cnc1CN[C@@H](C)c1ccccc1Br. The summed E-state index contributed by atoms with van der Waals surface area (Å²) >= 11 is 3.57. The Morgan fingerprint density at radius 3 is 2.82 bits per heavy atom. The number of nitrogens with one attached hydrogen (secondary N) is 2. The molecule has 0 radical (unpaired) electrons. The standard InChI is InChI=1S/C13H16BrN3/c1-9(11-5-3-4-6-12(11)14)15-7-13-10(2)16-8-17-13/h3-6,8-9,15H,7H2,1-2H3,(H,16,17)/t9-/m0/s1. The third-order valence-electron chi connectivity index (χ3n) is 2.88. The number of halogens is 1. The van der Waals surface area contributed by atoms with Gasteiger partial charge in [-0.2, -0.15) is 0 Å². The molecule has 3 nitrogen and oxygen atoms in total. The molecule has 0 aliphatic heterocycles. The highest BCUT2D eigenvalue weighted by atomic mass is 79.9. The van der Waals surface area contributed by atoms with Crippen molar-refractivity contribution in [2.75, 3.05) is 0 Å². The second-order valence-electron chi connectivity index (χ2n) is 4.10. The smallest absolute Gasteiger partial charge is 0.0925 e. The highest BCUT2D eigenvalue weighted by molar-refractivity contribution is 9.10. The van der Waals surface area contributed by atoms with Crippen LogP contribution in [0.5, 0.6) is 0 Å². The normalized spacial score (nSPS) is 12.6. The van der Waals surface area contributed by atoms with Crippen molar-refractivity contribution in [3.63, 3.8) is 0 Å². The molecule has 0 bridgehead atoms.